The van der Waals surface area contributed by atoms with Crippen molar-refractivity contribution >= 4 is 12.0 Å². The second-order valence-electron chi connectivity index (χ2n) is 7.39. The molecule has 1 fully saturated rings. The maximum atomic E-state index is 12.5. The van der Waals surface area contributed by atoms with Crippen LogP contribution in [0.1, 0.15) is 18.1 Å². The van der Waals surface area contributed by atoms with E-state index >= 15 is 0 Å². The van der Waals surface area contributed by atoms with Crippen LogP contribution in [0.5, 0.6) is 5.75 Å². The first kappa shape index (κ1) is 21.1. The molecule has 1 amide bonds. The fraction of sp³-hybridized carbons (Fsp3) is 0.375. The lowest BCUT2D eigenvalue weighted by Gasteiger charge is -2.37. The molecule has 1 atom stereocenters. The summed E-state index contributed by atoms with van der Waals surface area (Å²) in [6.07, 6.45) is 4.39. The predicted molar refractivity (Wildman–Crippen MR) is 118 cm³/mol. The average molecular weight is 394 g/mol. The van der Waals surface area contributed by atoms with Crippen molar-refractivity contribution in [3.8, 4) is 5.75 Å². The zero-order valence-corrected chi connectivity index (χ0v) is 17.4. The van der Waals surface area contributed by atoms with E-state index in [4.69, 9.17) is 4.74 Å². The van der Waals surface area contributed by atoms with E-state index in [1.165, 1.54) is 5.56 Å². The summed E-state index contributed by atoms with van der Waals surface area (Å²) in [6, 6.07) is 18.0. The van der Waals surface area contributed by atoms with Gasteiger partial charge in [-0.15, -0.1) is 0 Å². The SMILES string of the molecule is COc1ccc(CNC(=O)C(C)N2CCN(C/C=C/c3ccccc3)CC2)cc1. The number of benzene rings is 2. The smallest absolute Gasteiger partial charge is 0.237 e. The number of carbonyl (C=O) groups excluding carboxylic acids is 1. The first-order chi connectivity index (χ1) is 14.2. The summed E-state index contributed by atoms with van der Waals surface area (Å²) in [4.78, 5) is 17.2. The quantitative estimate of drug-likeness (QED) is 0.749. The summed E-state index contributed by atoms with van der Waals surface area (Å²) < 4.78 is 5.17. The molecule has 0 bridgehead atoms. The van der Waals surface area contributed by atoms with Gasteiger partial charge in [0.05, 0.1) is 13.2 Å². The van der Waals surface area contributed by atoms with Crippen molar-refractivity contribution in [1.82, 2.24) is 15.1 Å². The van der Waals surface area contributed by atoms with Gasteiger partial charge in [0, 0.05) is 39.3 Å². The Morgan fingerprint density at radius 2 is 1.76 bits per heavy atom. The molecule has 0 aliphatic carbocycles. The minimum atomic E-state index is -0.116. The first-order valence-corrected chi connectivity index (χ1v) is 10.2. The van der Waals surface area contributed by atoms with Gasteiger partial charge in [0.2, 0.25) is 5.91 Å². The monoisotopic (exact) mass is 393 g/mol. The van der Waals surface area contributed by atoms with Gasteiger partial charge in [0.25, 0.3) is 0 Å². The molecule has 0 radical (unpaired) electrons. The van der Waals surface area contributed by atoms with Crippen LogP contribution in [0.3, 0.4) is 0 Å². The molecule has 154 valence electrons. The van der Waals surface area contributed by atoms with Crippen LogP contribution in [-0.2, 0) is 11.3 Å². The predicted octanol–water partition coefficient (Wildman–Crippen LogP) is 3.03. The van der Waals surface area contributed by atoms with Crippen molar-refractivity contribution in [2.24, 2.45) is 0 Å². The molecule has 0 aromatic heterocycles. The third-order valence-corrected chi connectivity index (χ3v) is 5.43. The number of nitrogens with zero attached hydrogens (tertiary/aromatic N) is 2. The zero-order valence-electron chi connectivity index (χ0n) is 17.4. The molecule has 5 heteroatoms. The Morgan fingerprint density at radius 1 is 1.07 bits per heavy atom. The molecular formula is C24H31N3O2. The van der Waals surface area contributed by atoms with Crippen LogP contribution in [0.25, 0.3) is 6.08 Å². The van der Waals surface area contributed by atoms with Gasteiger partial charge in [-0.05, 0) is 30.2 Å². The van der Waals surface area contributed by atoms with Crippen LogP contribution in [0.15, 0.2) is 60.7 Å². The van der Waals surface area contributed by atoms with E-state index in [-0.39, 0.29) is 11.9 Å². The van der Waals surface area contributed by atoms with Gasteiger partial charge in [-0.25, -0.2) is 0 Å². The Bertz CT molecular complexity index is 782. The van der Waals surface area contributed by atoms with Crippen LogP contribution in [0.4, 0.5) is 0 Å². The topological polar surface area (TPSA) is 44.8 Å². The Morgan fingerprint density at radius 3 is 2.41 bits per heavy atom. The molecule has 29 heavy (non-hydrogen) atoms. The Hall–Kier alpha value is -2.63. The number of rotatable bonds is 8. The largest absolute Gasteiger partial charge is 0.497 e. The highest BCUT2D eigenvalue weighted by Crippen LogP contribution is 2.12. The van der Waals surface area contributed by atoms with Crippen molar-refractivity contribution in [1.29, 1.82) is 0 Å². The number of methoxy groups -OCH3 is 1. The molecule has 1 unspecified atom stereocenters. The molecule has 1 aliphatic rings. The highest BCUT2D eigenvalue weighted by Gasteiger charge is 2.24. The molecule has 3 rings (SSSR count). The fourth-order valence-electron chi connectivity index (χ4n) is 3.48. The van der Waals surface area contributed by atoms with E-state index < -0.39 is 0 Å². The summed E-state index contributed by atoms with van der Waals surface area (Å²) in [5.41, 5.74) is 2.30. The van der Waals surface area contributed by atoms with Crippen molar-refractivity contribution in [2.45, 2.75) is 19.5 Å². The van der Waals surface area contributed by atoms with Gasteiger partial charge in [0.15, 0.2) is 0 Å². The van der Waals surface area contributed by atoms with E-state index in [1.54, 1.807) is 7.11 Å². The Balaban J connectivity index is 1.38. The minimum Gasteiger partial charge on any atom is -0.497 e. The van der Waals surface area contributed by atoms with Crippen molar-refractivity contribution in [3.63, 3.8) is 0 Å². The van der Waals surface area contributed by atoms with Gasteiger partial charge < -0.3 is 10.1 Å². The van der Waals surface area contributed by atoms with Gasteiger partial charge in [-0.3, -0.25) is 14.6 Å². The van der Waals surface area contributed by atoms with Crippen molar-refractivity contribution < 1.29 is 9.53 Å². The molecule has 1 saturated heterocycles. The number of piperazine rings is 1. The second-order valence-corrected chi connectivity index (χ2v) is 7.39. The van der Waals surface area contributed by atoms with E-state index in [2.05, 4.69) is 51.5 Å². The fourth-order valence-corrected chi connectivity index (χ4v) is 3.48. The third-order valence-electron chi connectivity index (χ3n) is 5.43. The summed E-state index contributed by atoms with van der Waals surface area (Å²) >= 11 is 0. The van der Waals surface area contributed by atoms with Gasteiger partial charge in [-0.1, -0.05) is 54.6 Å². The summed E-state index contributed by atoms with van der Waals surface area (Å²) in [6.45, 7) is 7.27. The number of hydrogen-bond donors (Lipinski definition) is 1. The van der Waals surface area contributed by atoms with Gasteiger partial charge >= 0.3 is 0 Å². The Labute approximate surface area is 174 Å². The molecule has 2 aromatic rings. The van der Waals surface area contributed by atoms with Crippen molar-refractivity contribution in [3.05, 3.63) is 71.8 Å². The van der Waals surface area contributed by atoms with Crippen LogP contribution < -0.4 is 10.1 Å². The number of nitrogens with one attached hydrogen (secondary N) is 1. The molecule has 1 aliphatic heterocycles. The standard InChI is InChI=1S/C24H31N3O2/c1-20(24(28)25-19-22-10-12-23(29-2)13-11-22)27-17-15-26(16-18-27)14-6-9-21-7-4-3-5-8-21/h3-13,20H,14-19H2,1-2H3,(H,25,28)/b9-6+. The lowest BCUT2D eigenvalue weighted by Crippen LogP contribution is -2.53. The summed E-state index contributed by atoms with van der Waals surface area (Å²) in [7, 11) is 1.65. The number of carbonyl (C=O) groups is 1. The normalized spacial score (nSPS) is 16.6. The lowest BCUT2D eigenvalue weighted by atomic mass is 10.2. The maximum absolute atomic E-state index is 12.5. The van der Waals surface area contributed by atoms with Crippen LogP contribution in [0.2, 0.25) is 0 Å². The van der Waals surface area contributed by atoms with Crippen LogP contribution in [0, 0.1) is 0 Å². The summed E-state index contributed by atoms with van der Waals surface area (Å²) in [5, 5.41) is 3.05. The van der Waals surface area contributed by atoms with E-state index in [0.29, 0.717) is 6.54 Å². The van der Waals surface area contributed by atoms with Crippen LogP contribution >= 0.6 is 0 Å². The molecule has 1 N–H and O–H groups in total. The van der Waals surface area contributed by atoms with Crippen LogP contribution in [-0.4, -0.2) is 61.6 Å². The second kappa shape index (κ2) is 10.8. The van der Waals surface area contributed by atoms with E-state index in [9.17, 15) is 4.79 Å². The molecule has 0 saturated carbocycles. The molecule has 1 heterocycles. The molecule has 2 aromatic carbocycles. The van der Waals surface area contributed by atoms with Gasteiger partial charge in [-0.2, -0.15) is 0 Å². The number of hydrogen-bond acceptors (Lipinski definition) is 4. The highest BCUT2D eigenvalue weighted by molar-refractivity contribution is 5.81. The van der Waals surface area contributed by atoms with E-state index in [0.717, 1.165) is 44.0 Å². The summed E-state index contributed by atoms with van der Waals surface area (Å²) in [5.74, 6) is 0.906. The molecule has 5 nitrogen and oxygen atoms in total. The third kappa shape index (κ3) is 6.44. The maximum Gasteiger partial charge on any atom is 0.237 e. The average Bonchev–Trinajstić information content (AvgIpc) is 2.78. The lowest BCUT2D eigenvalue weighted by molar-refractivity contribution is -0.126. The molecule has 0 spiro atoms. The zero-order chi connectivity index (χ0) is 20.5. The minimum absolute atomic E-state index is 0.0817. The number of ether oxygens (including phenoxy) is 1. The van der Waals surface area contributed by atoms with E-state index in [1.807, 2.05) is 37.3 Å². The number of amides is 1. The van der Waals surface area contributed by atoms with Crippen molar-refractivity contribution in [2.75, 3.05) is 39.8 Å². The molecular weight excluding hydrogens is 362 g/mol. The Kier molecular flexibility index (Phi) is 7.85. The highest BCUT2D eigenvalue weighted by atomic mass is 16.5. The first-order valence-electron chi connectivity index (χ1n) is 10.2. The van der Waals surface area contributed by atoms with Gasteiger partial charge in [0.1, 0.15) is 5.75 Å².